The topological polar surface area (TPSA) is 52.3 Å². The van der Waals surface area contributed by atoms with Crippen LogP contribution >= 0.6 is 11.6 Å². The fourth-order valence-corrected chi connectivity index (χ4v) is 1.73. The Kier molecular flexibility index (Phi) is 4.62. The lowest BCUT2D eigenvalue weighted by Gasteiger charge is -2.14. The minimum atomic E-state index is -0.266. The van der Waals surface area contributed by atoms with Crippen LogP contribution in [0.5, 0.6) is 0 Å². The van der Waals surface area contributed by atoms with Crippen LogP contribution in [0.25, 0.3) is 0 Å². The summed E-state index contributed by atoms with van der Waals surface area (Å²) in [6.07, 6.45) is 0.680. The third kappa shape index (κ3) is 2.89. The summed E-state index contributed by atoms with van der Waals surface area (Å²) in [4.78, 5) is 11.7. The van der Waals surface area contributed by atoms with Crippen LogP contribution in [0, 0.1) is 0 Å². The minimum Gasteiger partial charge on any atom is -0.466 e. The molecule has 2 N–H and O–H groups in total. The molecule has 0 amide bonds. The molecular formula is C12H16ClNO2. The molecule has 0 spiro atoms. The predicted octanol–water partition coefficient (Wildman–Crippen LogP) is 2.98. The molecule has 1 atom stereocenters. The van der Waals surface area contributed by atoms with Crippen LogP contribution in [0.4, 0.5) is 5.69 Å². The van der Waals surface area contributed by atoms with Gasteiger partial charge >= 0.3 is 5.97 Å². The molecule has 4 heteroatoms. The zero-order chi connectivity index (χ0) is 12.1. The van der Waals surface area contributed by atoms with E-state index in [1.165, 1.54) is 0 Å². The molecule has 1 aromatic carbocycles. The Morgan fingerprint density at radius 1 is 1.50 bits per heavy atom. The van der Waals surface area contributed by atoms with Gasteiger partial charge in [0, 0.05) is 0 Å². The SMILES string of the molecule is CCOC(=O)C(CC)c1ccc(N)c(Cl)c1. The summed E-state index contributed by atoms with van der Waals surface area (Å²) in [5.74, 6) is -0.483. The highest BCUT2D eigenvalue weighted by Crippen LogP contribution is 2.27. The van der Waals surface area contributed by atoms with Crippen LogP contribution in [0.15, 0.2) is 18.2 Å². The van der Waals surface area contributed by atoms with Gasteiger partial charge in [0.15, 0.2) is 0 Å². The van der Waals surface area contributed by atoms with Crippen LogP contribution in [0.1, 0.15) is 31.7 Å². The summed E-state index contributed by atoms with van der Waals surface area (Å²) in [6, 6.07) is 5.24. The highest BCUT2D eigenvalue weighted by Gasteiger charge is 2.20. The van der Waals surface area contributed by atoms with Crippen molar-refractivity contribution in [3.8, 4) is 0 Å². The second-order valence-electron chi connectivity index (χ2n) is 3.49. The average Bonchev–Trinajstić information content (AvgIpc) is 2.25. The van der Waals surface area contributed by atoms with E-state index in [0.29, 0.717) is 23.7 Å². The van der Waals surface area contributed by atoms with Gasteiger partial charge in [-0.1, -0.05) is 24.6 Å². The number of ether oxygens (including phenoxy) is 1. The number of hydrogen-bond donors (Lipinski definition) is 1. The number of rotatable bonds is 4. The summed E-state index contributed by atoms with van der Waals surface area (Å²) in [7, 11) is 0. The highest BCUT2D eigenvalue weighted by molar-refractivity contribution is 6.33. The number of carbonyl (C=O) groups is 1. The van der Waals surface area contributed by atoms with E-state index >= 15 is 0 Å². The molecule has 0 aliphatic rings. The maximum atomic E-state index is 11.7. The highest BCUT2D eigenvalue weighted by atomic mass is 35.5. The normalized spacial score (nSPS) is 12.2. The zero-order valence-electron chi connectivity index (χ0n) is 9.50. The van der Waals surface area contributed by atoms with Gasteiger partial charge < -0.3 is 10.5 Å². The third-order valence-corrected chi connectivity index (χ3v) is 2.73. The van der Waals surface area contributed by atoms with Crippen molar-refractivity contribution in [2.45, 2.75) is 26.2 Å². The molecule has 3 nitrogen and oxygen atoms in total. The largest absolute Gasteiger partial charge is 0.466 e. The van der Waals surface area contributed by atoms with E-state index in [0.717, 1.165) is 5.56 Å². The smallest absolute Gasteiger partial charge is 0.313 e. The Bertz CT molecular complexity index is 379. The monoisotopic (exact) mass is 241 g/mol. The maximum Gasteiger partial charge on any atom is 0.313 e. The molecule has 0 bridgehead atoms. The standard InChI is InChI=1S/C12H16ClNO2/c1-3-9(12(15)16-4-2)8-5-6-11(14)10(13)7-8/h5-7,9H,3-4,14H2,1-2H3. The molecular weight excluding hydrogens is 226 g/mol. The van der Waals surface area contributed by atoms with E-state index < -0.39 is 0 Å². The number of anilines is 1. The first-order chi connectivity index (χ1) is 7.60. The number of nitrogen functional groups attached to an aromatic ring is 1. The molecule has 0 aromatic heterocycles. The fourth-order valence-electron chi connectivity index (χ4n) is 1.54. The number of benzene rings is 1. The molecule has 0 fully saturated rings. The van der Waals surface area contributed by atoms with Crippen molar-refractivity contribution in [3.05, 3.63) is 28.8 Å². The lowest BCUT2D eigenvalue weighted by Crippen LogP contribution is -2.15. The quantitative estimate of drug-likeness (QED) is 0.651. The van der Waals surface area contributed by atoms with Gasteiger partial charge in [0.2, 0.25) is 0 Å². The second-order valence-corrected chi connectivity index (χ2v) is 3.90. The number of esters is 1. The van der Waals surface area contributed by atoms with Gasteiger partial charge in [0.1, 0.15) is 0 Å². The molecule has 0 heterocycles. The fraction of sp³-hybridized carbons (Fsp3) is 0.417. The van der Waals surface area contributed by atoms with Crippen molar-refractivity contribution in [1.82, 2.24) is 0 Å². The lowest BCUT2D eigenvalue weighted by molar-refractivity contribution is -0.145. The average molecular weight is 242 g/mol. The summed E-state index contributed by atoms with van der Waals surface area (Å²) in [6.45, 7) is 4.12. The van der Waals surface area contributed by atoms with Gasteiger partial charge in [-0.15, -0.1) is 0 Å². The van der Waals surface area contributed by atoms with E-state index in [4.69, 9.17) is 22.1 Å². The van der Waals surface area contributed by atoms with E-state index in [1.807, 2.05) is 13.0 Å². The second kappa shape index (κ2) is 5.75. The molecule has 88 valence electrons. The molecule has 1 rings (SSSR count). The Hall–Kier alpha value is -1.22. The molecule has 0 saturated heterocycles. The minimum absolute atomic E-state index is 0.217. The molecule has 0 saturated carbocycles. The third-order valence-electron chi connectivity index (χ3n) is 2.41. The summed E-state index contributed by atoms with van der Waals surface area (Å²) < 4.78 is 5.01. The van der Waals surface area contributed by atoms with Gasteiger partial charge in [-0.3, -0.25) is 4.79 Å². The molecule has 1 aromatic rings. The van der Waals surface area contributed by atoms with Gasteiger partial charge in [0.25, 0.3) is 0 Å². The Balaban J connectivity index is 2.95. The van der Waals surface area contributed by atoms with Crippen molar-refractivity contribution >= 4 is 23.3 Å². The van der Waals surface area contributed by atoms with Crippen LogP contribution in [0.3, 0.4) is 0 Å². The van der Waals surface area contributed by atoms with E-state index in [9.17, 15) is 4.79 Å². The van der Waals surface area contributed by atoms with Crippen LogP contribution in [0.2, 0.25) is 5.02 Å². The van der Waals surface area contributed by atoms with Crippen LogP contribution in [-0.4, -0.2) is 12.6 Å². The van der Waals surface area contributed by atoms with Gasteiger partial charge in [0.05, 0.1) is 23.2 Å². The number of hydrogen-bond acceptors (Lipinski definition) is 3. The van der Waals surface area contributed by atoms with Crippen molar-refractivity contribution < 1.29 is 9.53 Å². The lowest BCUT2D eigenvalue weighted by atomic mass is 9.96. The Morgan fingerprint density at radius 3 is 2.69 bits per heavy atom. The van der Waals surface area contributed by atoms with Crippen LogP contribution < -0.4 is 5.73 Å². The van der Waals surface area contributed by atoms with Crippen molar-refractivity contribution in [2.24, 2.45) is 0 Å². The first kappa shape index (κ1) is 12.8. The number of carbonyl (C=O) groups excluding carboxylic acids is 1. The number of nitrogens with two attached hydrogens (primary N) is 1. The van der Waals surface area contributed by atoms with E-state index in [2.05, 4.69) is 0 Å². The molecule has 0 aliphatic heterocycles. The van der Waals surface area contributed by atoms with E-state index in [1.54, 1.807) is 19.1 Å². The number of halogens is 1. The summed E-state index contributed by atoms with van der Waals surface area (Å²) >= 11 is 5.92. The van der Waals surface area contributed by atoms with Gasteiger partial charge in [-0.05, 0) is 31.0 Å². The molecule has 1 unspecified atom stereocenters. The Labute approximate surface area is 101 Å². The summed E-state index contributed by atoms with van der Waals surface area (Å²) in [5, 5.41) is 0.472. The van der Waals surface area contributed by atoms with Crippen molar-refractivity contribution in [2.75, 3.05) is 12.3 Å². The maximum absolute atomic E-state index is 11.7. The van der Waals surface area contributed by atoms with Crippen LogP contribution in [-0.2, 0) is 9.53 Å². The van der Waals surface area contributed by atoms with Gasteiger partial charge in [-0.2, -0.15) is 0 Å². The first-order valence-electron chi connectivity index (χ1n) is 5.31. The van der Waals surface area contributed by atoms with Crippen molar-refractivity contribution in [3.63, 3.8) is 0 Å². The predicted molar refractivity (Wildman–Crippen MR) is 65.5 cm³/mol. The molecule has 0 radical (unpaired) electrons. The zero-order valence-corrected chi connectivity index (χ0v) is 10.3. The molecule has 16 heavy (non-hydrogen) atoms. The van der Waals surface area contributed by atoms with Crippen molar-refractivity contribution in [1.29, 1.82) is 0 Å². The van der Waals surface area contributed by atoms with E-state index in [-0.39, 0.29) is 11.9 Å². The summed E-state index contributed by atoms with van der Waals surface area (Å²) in [5.41, 5.74) is 6.98. The van der Waals surface area contributed by atoms with Gasteiger partial charge in [-0.25, -0.2) is 0 Å². The molecule has 0 aliphatic carbocycles. The first-order valence-corrected chi connectivity index (χ1v) is 5.69. The Morgan fingerprint density at radius 2 is 2.19 bits per heavy atom.